The number of aryl methyl sites for hydroxylation is 1. The monoisotopic (exact) mass is 251 g/mol. The number of hydrogen-bond acceptors (Lipinski definition) is 3. The van der Waals surface area contributed by atoms with E-state index in [1.807, 2.05) is 24.0 Å². The molecular formula is C13H21N3O2. The van der Waals surface area contributed by atoms with Crippen molar-refractivity contribution in [1.82, 2.24) is 14.7 Å². The SMILES string of the molecule is CCn1cc(CN2CCCCCC2C(=O)O)cn1. The third-order valence-corrected chi connectivity index (χ3v) is 3.55. The minimum atomic E-state index is -0.695. The second-order valence-electron chi connectivity index (χ2n) is 4.88. The van der Waals surface area contributed by atoms with Gasteiger partial charge in [0, 0.05) is 24.8 Å². The van der Waals surface area contributed by atoms with E-state index in [4.69, 9.17) is 0 Å². The van der Waals surface area contributed by atoms with Crippen molar-refractivity contribution in [1.29, 1.82) is 0 Å². The molecule has 1 aromatic heterocycles. The van der Waals surface area contributed by atoms with Crippen LogP contribution in [0.25, 0.3) is 0 Å². The minimum absolute atomic E-state index is 0.336. The van der Waals surface area contributed by atoms with Gasteiger partial charge in [0.2, 0.25) is 0 Å². The van der Waals surface area contributed by atoms with Gasteiger partial charge in [0.15, 0.2) is 0 Å². The highest BCUT2D eigenvalue weighted by atomic mass is 16.4. The summed E-state index contributed by atoms with van der Waals surface area (Å²) >= 11 is 0. The predicted octanol–water partition coefficient (Wildman–Crippen LogP) is 1.73. The van der Waals surface area contributed by atoms with Gasteiger partial charge in [-0.25, -0.2) is 0 Å². The Hall–Kier alpha value is -1.36. The first kappa shape index (κ1) is 13.1. The third-order valence-electron chi connectivity index (χ3n) is 3.55. The van der Waals surface area contributed by atoms with Crippen LogP contribution in [-0.4, -0.2) is 38.3 Å². The van der Waals surface area contributed by atoms with Gasteiger partial charge in [-0.1, -0.05) is 12.8 Å². The quantitative estimate of drug-likeness (QED) is 0.885. The number of rotatable bonds is 4. The smallest absolute Gasteiger partial charge is 0.320 e. The van der Waals surface area contributed by atoms with Gasteiger partial charge in [-0.2, -0.15) is 5.10 Å². The second kappa shape index (κ2) is 6.00. The number of carboxylic acids is 1. The first-order chi connectivity index (χ1) is 8.70. The highest BCUT2D eigenvalue weighted by Crippen LogP contribution is 2.19. The lowest BCUT2D eigenvalue weighted by Crippen LogP contribution is -2.40. The molecule has 18 heavy (non-hydrogen) atoms. The van der Waals surface area contributed by atoms with E-state index in [1.54, 1.807) is 0 Å². The van der Waals surface area contributed by atoms with Crippen molar-refractivity contribution >= 4 is 5.97 Å². The second-order valence-corrected chi connectivity index (χ2v) is 4.88. The molecule has 5 heteroatoms. The molecule has 0 radical (unpaired) electrons. The minimum Gasteiger partial charge on any atom is -0.480 e. The molecule has 0 spiro atoms. The summed E-state index contributed by atoms with van der Waals surface area (Å²) in [5.41, 5.74) is 1.10. The molecule has 1 aliphatic rings. The van der Waals surface area contributed by atoms with Crippen LogP contribution in [-0.2, 0) is 17.9 Å². The first-order valence-corrected chi connectivity index (χ1v) is 6.69. The van der Waals surface area contributed by atoms with Gasteiger partial charge >= 0.3 is 5.97 Å². The van der Waals surface area contributed by atoms with E-state index in [0.29, 0.717) is 6.54 Å². The highest BCUT2D eigenvalue weighted by molar-refractivity contribution is 5.73. The maximum atomic E-state index is 11.3. The Labute approximate surface area is 107 Å². The molecule has 100 valence electrons. The van der Waals surface area contributed by atoms with E-state index in [0.717, 1.165) is 44.3 Å². The fourth-order valence-electron chi connectivity index (χ4n) is 2.53. The third kappa shape index (κ3) is 3.10. The van der Waals surface area contributed by atoms with E-state index in [9.17, 15) is 9.90 Å². The molecule has 0 bridgehead atoms. The van der Waals surface area contributed by atoms with Gasteiger partial charge in [0.05, 0.1) is 6.20 Å². The average molecular weight is 251 g/mol. The lowest BCUT2D eigenvalue weighted by atomic mass is 10.1. The Morgan fingerprint density at radius 1 is 1.50 bits per heavy atom. The Bertz CT molecular complexity index is 403. The zero-order valence-corrected chi connectivity index (χ0v) is 10.9. The van der Waals surface area contributed by atoms with Crippen molar-refractivity contribution in [2.24, 2.45) is 0 Å². The lowest BCUT2D eigenvalue weighted by Gasteiger charge is -2.25. The van der Waals surface area contributed by atoms with Crippen LogP contribution in [0.2, 0.25) is 0 Å². The van der Waals surface area contributed by atoms with Crippen LogP contribution in [0.15, 0.2) is 12.4 Å². The maximum absolute atomic E-state index is 11.3. The Morgan fingerprint density at radius 3 is 3.00 bits per heavy atom. The van der Waals surface area contributed by atoms with Gasteiger partial charge in [0.25, 0.3) is 0 Å². The van der Waals surface area contributed by atoms with E-state index in [-0.39, 0.29) is 6.04 Å². The first-order valence-electron chi connectivity index (χ1n) is 6.69. The van der Waals surface area contributed by atoms with E-state index >= 15 is 0 Å². The molecular weight excluding hydrogens is 230 g/mol. The van der Waals surface area contributed by atoms with E-state index in [1.165, 1.54) is 0 Å². The number of aliphatic carboxylic acids is 1. The number of carboxylic acid groups (broad SMARTS) is 1. The summed E-state index contributed by atoms with van der Waals surface area (Å²) in [6, 6.07) is -0.336. The Balaban J connectivity index is 2.05. The van der Waals surface area contributed by atoms with Crippen LogP contribution < -0.4 is 0 Å². The molecule has 0 aliphatic carbocycles. The van der Waals surface area contributed by atoms with Gasteiger partial charge in [-0.15, -0.1) is 0 Å². The van der Waals surface area contributed by atoms with Crippen LogP contribution in [0.3, 0.4) is 0 Å². The van der Waals surface area contributed by atoms with E-state index < -0.39 is 5.97 Å². The molecule has 2 heterocycles. The highest BCUT2D eigenvalue weighted by Gasteiger charge is 2.27. The van der Waals surface area contributed by atoms with Gasteiger partial charge in [-0.3, -0.25) is 14.4 Å². The molecule has 5 nitrogen and oxygen atoms in total. The predicted molar refractivity (Wildman–Crippen MR) is 68.2 cm³/mol. The molecule has 1 aromatic rings. The zero-order valence-electron chi connectivity index (χ0n) is 10.9. The Kier molecular flexibility index (Phi) is 4.36. The van der Waals surface area contributed by atoms with Crippen molar-refractivity contribution < 1.29 is 9.90 Å². The van der Waals surface area contributed by atoms with Crippen LogP contribution in [0, 0.1) is 0 Å². The molecule has 0 amide bonds. The molecule has 1 aliphatic heterocycles. The van der Waals surface area contributed by atoms with Crippen molar-refractivity contribution in [3.8, 4) is 0 Å². The lowest BCUT2D eigenvalue weighted by molar-refractivity contribution is -0.143. The van der Waals surface area contributed by atoms with Crippen molar-refractivity contribution in [3.05, 3.63) is 18.0 Å². The van der Waals surface area contributed by atoms with Gasteiger partial charge in [0.1, 0.15) is 6.04 Å². The molecule has 1 unspecified atom stereocenters. The number of aromatic nitrogens is 2. The van der Waals surface area contributed by atoms with Crippen molar-refractivity contribution in [2.75, 3.05) is 6.54 Å². The van der Waals surface area contributed by atoms with Crippen molar-refractivity contribution in [2.45, 2.75) is 51.7 Å². The number of carbonyl (C=O) groups is 1. The average Bonchev–Trinajstić information content (AvgIpc) is 2.66. The largest absolute Gasteiger partial charge is 0.480 e. The summed E-state index contributed by atoms with van der Waals surface area (Å²) in [6.07, 6.45) is 7.84. The fraction of sp³-hybridized carbons (Fsp3) is 0.692. The van der Waals surface area contributed by atoms with E-state index in [2.05, 4.69) is 10.00 Å². The summed E-state index contributed by atoms with van der Waals surface area (Å²) in [7, 11) is 0. The molecule has 0 saturated carbocycles. The number of likely N-dealkylation sites (tertiary alicyclic amines) is 1. The van der Waals surface area contributed by atoms with Gasteiger partial charge < -0.3 is 5.11 Å². The molecule has 0 aromatic carbocycles. The van der Waals surface area contributed by atoms with Crippen LogP contribution >= 0.6 is 0 Å². The van der Waals surface area contributed by atoms with Gasteiger partial charge in [-0.05, 0) is 26.3 Å². The zero-order chi connectivity index (χ0) is 13.0. The molecule has 2 rings (SSSR count). The van der Waals surface area contributed by atoms with Crippen LogP contribution in [0.5, 0.6) is 0 Å². The Morgan fingerprint density at radius 2 is 2.33 bits per heavy atom. The van der Waals surface area contributed by atoms with Crippen molar-refractivity contribution in [3.63, 3.8) is 0 Å². The molecule has 1 saturated heterocycles. The molecule has 1 fully saturated rings. The molecule has 1 N–H and O–H groups in total. The summed E-state index contributed by atoms with van der Waals surface area (Å²) in [5, 5.41) is 13.5. The summed E-state index contributed by atoms with van der Waals surface area (Å²) < 4.78 is 1.88. The standard InChI is InChI=1S/C13H21N3O2/c1-2-16-10-11(8-14-16)9-15-7-5-3-4-6-12(15)13(17)18/h8,10,12H,2-7,9H2,1H3,(H,17,18). The maximum Gasteiger partial charge on any atom is 0.320 e. The van der Waals surface area contributed by atoms with Crippen LogP contribution in [0.1, 0.15) is 38.2 Å². The summed E-state index contributed by atoms with van der Waals surface area (Å²) in [6.45, 7) is 4.45. The summed E-state index contributed by atoms with van der Waals surface area (Å²) in [4.78, 5) is 13.4. The normalized spacial score (nSPS) is 21.7. The number of hydrogen-bond donors (Lipinski definition) is 1. The molecule has 1 atom stereocenters. The fourth-order valence-corrected chi connectivity index (χ4v) is 2.53. The topological polar surface area (TPSA) is 58.4 Å². The summed E-state index contributed by atoms with van der Waals surface area (Å²) in [5.74, 6) is -0.695. The van der Waals surface area contributed by atoms with Crippen LogP contribution in [0.4, 0.5) is 0 Å². The number of nitrogens with zero attached hydrogens (tertiary/aromatic N) is 3.